The van der Waals surface area contributed by atoms with Crippen molar-refractivity contribution in [1.82, 2.24) is 9.97 Å². The van der Waals surface area contributed by atoms with Crippen LogP contribution in [0.5, 0.6) is 5.88 Å². The maximum absolute atomic E-state index is 5.89. The van der Waals surface area contributed by atoms with E-state index in [0.717, 1.165) is 18.7 Å². The molecule has 1 aromatic heterocycles. The summed E-state index contributed by atoms with van der Waals surface area (Å²) < 4.78 is 5.00. The largest absolute Gasteiger partial charge is 0.481 e. The Labute approximate surface area is 84.5 Å². The minimum absolute atomic E-state index is 0.145. The van der Waals surface area contributed by atoms with Gasteiger partial charge in [-0.2, -0.15) is 4.98 Å². The highest BCUT2D eigenvalue weighted by molar-refractivity contribution is 5.08. The molecule has 1 aromatic rings. The molecule has 0 bridgehead atoms. The molecule has 2 N–H and O–H groups in total. The Morgan fingerprint density at radius 3 is 3.00 bits per heavy atom. The van der Waals surface area contributed by atoms with E-state index < -0.39 is 0 Å². The fourth-order valence-electron chi connectivity index (χ4n) is 1.30. The maximum Gasteiger partial charge on any atom is 0.216 e. The summed E-state index contributed by atoms with van der Waals surface area (Å²) in [5.41, 5.74) is 5.89. The van der Waals surface area contributed by atoms with Gasteiger partial charge < -0.3 is 10.5 Å². The Hall–Kier alpha value is -1.16. The molecule has 4 heteroatoms. The van der Waals surface area contributed by atoms with E-state index in [1.807, 2.05) is 0 Å². The van der Waals surface area contributed by atoms with Gasteiger partial charge in [0.2, 0.25) is 5.88 Å². The molecule has 0 aliphatic carbocycles. The van der Waals surface area contributed by atoms with Gasteiger partial charge in [0, 0.05) is 24.7 Å². The van der Waals surface area contributed by atoms with Crippen LogP contribution in [-0.2, 0) is 6.42 Å². The van der Waals surface area contributed by atoms with Crippen LogP contribution in [0.4, 0.5) is 0 Å². The summed E-state index contributed by atoms with van der Waals surface area (Å²) in [4.78, 5) is 8.34. The van der Waals surface area contributed by atoms with Crippen molar-refractivity contribution in [3.8, 4) is 5.88 Å². The second-order valence-electron chi connectivity index (χ2n) is 3.27. The molecule has 14 heavy (non-hydrogen) atoms. The smallest absolute Gasteiger partial charge is 0.216 e. The fourth-order valence-corrected chi connectivity index (χ4v) is 1.30. The van der Waals surface area contributed by atoms with Gasteiger partial charge in [-0.3, -0.25) is 0 Å². The number of methoxy groups -OCH3 is 1. The highest BCUT2D eigenvalue weighted by atomic mass is 16.5. The number of ether oxygens (including phenoxy) is 1. The second kappa shape index (κ2) is 5.54. The predicted molar refractivity (Wildman–Crippen MR) is 55.2 cm³/mol. The average Bonchev–Trinajstić information content (AvgIpc) is 2.18. The molecule has 0 fully saturated rings. The van der Waals surface area contributed by atoms with Crippen molar-refractivity contribution in [2.24, 2.45) is 5.73 Å². The zero-order valence-electron chi connectivity index (χ0n) is 8.73. The highest BCUT2D eigenvalue weighted by Gasteiger charge is 2.05. The molecular weight excluding hydrogens is 178 g/mol. The lowest BCUT2D eigenvalue weighted by Gasteiger charge is -2.08. The topological polar surface area (TPSA) is 61.0 Å². The van der Waals surface area contributed by atoms with Crippen LogP contribution in [0.15, 0.2) is 12.3 Å². The van der Waals surface area contributed by atoms with E-state index in [2.05, 4.69) is 16.9 Å². The summed E-state index contributed by atoms with van der Waals surface area (Å²) in [5.74, 6) is 1.35. The van der Waals surface area contributed by atoms with Gasteiger partial charge >= 0.3 is 0 Å². The molecule has 0 aliphatic heterocycles. The summed E-state index contributed by atoms with van der Waals surface area (Å²) in [5, 5.41) is 0. The molecule has 0 spiro atoms. The Morgan fingerprint density at radius 1 is 1.57 bits per heavy atom. The van der Waals surface area contributed by atoms with Crippen LogP contribution >= 0.6 is 0 Å². The predicted octanol–water partition coefficient (Wildman–Crippen LogP) is 1.16. The Bertz CT molecular complexity index is 278. The SMILES string of the molecule is CCCC(N)Cc1nccc(OC)n1. The van der Waals surface area contributed by atoms with Crippen molar-refractivity contribution in [1.29, 1.82) is 0 Å². The molecule has 0 aliphatic rings. The number of aromatic nitrogens is 2. The molecule has 1 rings (SSSR count). The Balaban J connectivity index is 2.57. The average molecular weight is 195 g/mol. The standard InChI is InChI=1S/C10H17N3O/c1-3-4-8(11)7-9-12-6-5-10(13-9)14-2/h5-6,8H,3-4,7,11H2,1-2H3. The summed E-state index contributed by atoms with van der Waals surface area (Å²) >= 11 is 0. The van der Waals surface area contributed by atoms with Gasteiger partial charge in [0.05, 0.1) is 7.11 Å². The number of hydrogen-bond donors (Lipinski definition) is 1. The molecule has 0 saturated heterocycles. The summed E-state index contributed by atoms with van der Waals surface area (Å²) in [6.45, 7) is 2.12. The van der Waals surface area contributed by atoms with Gasteiger partial charge in [0.25, 0.3) is 0 Å². The first-order chi connectivity index (χ1) is 6.76. The molecule has 0 saturated carbocycles. The first kappa shape index (κ1) is 10.9. The third kappa shape index (κ3) is 3.30. The van der Waals surface area contributed by atoms with Gasteiger partial charge in [0.1, 0.15) is 5.82 Å². The van der Waals surface area contributed by atoms with Crippen LogP contribution in [0.2, 0.25) is 0 Å². The van der Waals surface area contributed by atoms with E-state index in [4.69, 9.17) is 10.5 Å². The third-order valence-electron chi connectivity index (χ3n) is 1.99. The first-order valence-electron chi connectivity index (χ1n) is 4.87. The van der Waals surface area contributed by atoms with Crippen molar-refractivity contribution in [2.75, 3.05) is 7.11 Å². The second-order valence-corrected chi connectivity index (χ2v) is 3.27. The van der Waals surface area contributed by atoms with Crippen molar-refractivity contribution in [2.45, 2.75) is 32.2 Å². The van der Waals surface area contributed by atoms with Crippen LogP contribution in [0.1, 0.15) is 25.6 Å². The molecule has 0 radical (unpaired) electrons. The van der Waals surface area contributed by atoms with E-state index in [1.165, 1.54) is 0 Å². The van der Waals surface area contributed by atoms with E-state index >= 15 is 0 Å². The number of nitrogens with zero attached hydrogens (tertiary/aromatic N) is 2. The highest BCUT2D eigenvalue weighted by Crippen LogP contribution is 2.06. The van der Waals surface area contributed by atoms with E-state index in [0.29, 0.717) is 12.3 Å². The molecule has 1 atom stereocenters. The lowest BCUT2D eigenvalue weighted by Crippen LogP contribution is -2.23. The first-order valence-corrected chi connectivity index (χ1v) is 4.87. The van der Waals surface area contributed by atoms with Crippen LogP contribution in [0.3, 0.4) is 0 Å². The molecule has 4 nitrogen and oxygen atoms in total. The summed E-state index contributed by atoms with van der Waals surface area (Å²) in [7, 11) is 1.60. The van der Waals surface area contributed by atoms with Crippen LogP contribution in [-0.4, -0.2) is 23.1 Å². The van der Waals surface area contributed by atoms with Gasteiger partial charge in [-0.15, -0.1) is 0 Å². The summed E-state index contributed by atoms with van der Waals surface area (Å²) in [6.07, 6.45) is 4.50. The zero-order valence-corrected chi connectivity index (χ0v) is 8.73. The molecule has 1 unspecified atom stereocenters. The normalized spacial score (nSPS) is 12.5. The van der Waals surface area contributed by atoms with Crippen molar-refractivity contribution in [3.63, 3.8) is 0 Å². The lowest BCUT2D eigenvalue weighted by molar-refractivity contribution is 0.393. The molecular formula is C10H17N3O. The summed E-state index contributed by atoms with van der Waals surface area (Å²) in [6, 6.07) is 1.88. The van der Waals surface area contributed by atoms with Gasteiger partial charge in [0.15, 0.2) is 0 Å². The van der Waals surface area contributed by atoms with E-state index in [9.17, 15) is 0 Å². The maximum atomic E-state index is 5.89. The van der Waals surface area contributed by atoms with E-state index in [-0.39, 0.29) is 6.04 Å². The monoisotopic (exact) mass is 195 g/mol. The number of nitrogens with two attached hydrogens (primary N) is 1. The number of rotatable bonds is 5. The molecule has 1 heterocycles. The Morgan fingerprint density at radius 2 is 2.36 bits per heavy atom. The van der Waals surface area contributed by atoms with Crippen LogP contribution in [0, 0.1) is 0 Å². The molecule has 78 valence electrons. The van der Waals surface area contributed by atoms with E-state index in [1.54, 1.807) is 19.4 Å². The van der Waals surface area contributed by atoms with Crippen molar-refractivity contribution >= 4 is 0 Å². The van der Waals surface area contributed by atoms with Crippen molar-refractivity contribution < 1.29 is 4.74 Å². The Kier molecular flexibility index (Phi) is 4.32. The number of hydrogen-bond acceptors (Lipinski definition) is 4. The van der Waals surface area contributed by atoms with Crippen LogP contribution in [0.25, 0.3) is 0 Å². The molecule has 0 aromatic carbocycles. The molecule has 0 amide bonds. The van der Waals surface area contributed by atoms with Crippen LogP contribution < -0.4 is 10.5 Å². The minimum Gasteiger partial charge on any atom is -0.481 e. The van der Waals surface area contributed by atoms with Gasteiger partial charge in [-0.1, -0.05) is 13.3 Å². The third-order valence-corrected chi connectivity index (χ3v) is 1.99. The lowest BCUT2D eigenvalue weighted by atomic mass is 10.1. The quantitative estimate of drug-likeness (QED) is 0.765. The zero-order chi connectivity index (χ0) is 10.4. The van der Waals surface area contributed by atoms with Crippen molar-refractivity contribution in [3.05, 3.63) is 18.1 Å². The fraction of sp³-hybridized carbons (Fsp3) is 0.600. The minimum atomic E-state index is 0.145. The van der Waals surface area contributed by atoms with Gasteiger partial charge in [-0.25, -0.2) is 4.98 Å². The van der Waals surface area contributed by atoms with Gasteiger partial charge in [-0.05, 0) is 6.42 Å².